The number of hydrogen-bond acceptors (Lipinski definition) is 21. The smallest absolute Gasteiger partial charge is 0.305 e. The van der Waals surface area contributed by atoms with Gasteiger partial charge in [0.15, 0.2) is 0 Å². The molecule has 0 saturated heterocycles. The van der Waals surface area contributed by atoms with Gasteiger partial charge in [0.1, 0.15) is 65.9 Å². The summed E-state index contributed by atoms with van der Waals surface area (Å²) in [5, 5.41) is 93.5. The lowest BCUT2D eigenvalue weighted by molar-refractivity contribution is -0.142. The van der Waals surface area contributed by atoms with Crippen molar-refractivity contribution in [2.45, 2.75) is 121 Å². The number of nitrogens with two attached hydrogens (primary N) is 1. The molecule has 0 aliphatic carbocycles. The fraction of sp³-hybridized carbons (Fsp3) is 0.371. The van der Waals surface area contributed by atoms with E-state index in [2.05, 4.69) is 53.2 Å². The molecule has 6 aromatic rings. The zero-order chi connectivity index (χ0) is 78.8. The summed E-state index contributed by atoms with van der Waals surface area (Å²) >= 11 is 2.07. The molecule has 572 valence electrons. The average Bonchev–Trinajstić information content (AvgIpc) is 0.741. The highest BCUT2D eigenvalue weighted by atomic mass is 32.2. The van der Waals surface area contributed by atoms with Crippen molar-refractivity contribution in [1.82, 2.24) is 63.8 Å². The molecule has 0 heterocycles. The number of primary amides is 1. The van der Waals surface area contributed by atoms with Crippen molar-refractivity contribution in [2.75, 3.05) is 36.4 Å². The number of hydrogen-bond donors (Lipinski definition) is 19. The molecular formula is C70H83N13O22S2. The number of phenols is 2. The molecule has 0 unspecified atom stereocenters. The van der Waals surface area contributed by atoms with Crippen molar-refractivity contribution in [3.05, 3.63) is 120 Å². The van der Waals surface area contributed by atoms with Crippen LogP contribution in [0.3, 0.4) is 0 Å². The summed E-state index contributed by atoms with van der Waals surface area (Å²) in [6.07, 6.45) is -4.65. The van der Waals surface area contributed by atoms with E-state index in [0.29, 0.717) is 11.1 Å². The maximum atomic E-state index is 14.3. The highest BCUT2D eigenvalue weighted by Gasteiger charge is 2.37. The van der Waals surface area contributed by atoms with Crippen molar-refractivity contribution in [1.29, 1.82) is 0 Å². The van der Waals surface area contributed by atoms with Gasteiger partial charge in [0.25, 0.3) is 0 Å². The molecule has 13 amide bonds. The van der Waals surface area contributed by atoms with E-state index in [1.165, 1.54) is 76.2 Å². The summed E-state index contributed by atoms with van der Waals surface area (Å²) < 4.78 is 0. The lowest BCUT2D eigenvalue weighted by atomic mass is 9.91. The van der Waals surface area contributed by atoms with Gasteiger partial charge in [0, 0.05) is 38.2 Å². The van der Waals surface area contributed by atoms with Gasteiger partial charge >= 0.3 is 17.9 Å². The minimum Gasteiger partial charge on any atom is -0.508 e. The second-order valence-electron chi connectivity index (χ2n) is 24.9. The third kappa shape index (κ3) is 26.4. The third-order valence-electron chi connectivity index (χ3n) is 16.3. The highest BCUT2D eigenvalue weighted by Crippen LogP contribution is 2.36. The fourth-order valence-electron chi connectivity index (χ4n) is 10.9. The monoisotopic (exact) mass is 1520 g/mol. The van der Waals surface area contributed by atoms with Crippen LogP contribution in [0.5, 0.6) is 11.5 Å². The zero-order valence-corrected chi connectivity index (χ0v) is 59.8. The van der Waals surface area contributed by atoms with Gasteiger partial charge in [-0.2, -0.15) is 0 Å². The average molecular weight is 1520 g/mol. The molecule has 35 nitrogen and oxygen atoms in total. The number of carboxylic acids is 3. The fourth-order valence-corrected chi connectivity index (χ4v) is 12.7. The van der Waals surface area contributed by atoms with E-state index < -0.39 is 182 Å². The maximum Gasteiger partial charge on any atom is 0.305 e. The molecular weight excluding hydrogens is 1440 g/mol. The largest absolute Gasteiger partial charge is 0.508 e. The molecule has 0 aromatic heterocycles. The van der Waals surface area contributed by atoms with Crippen molar-refractivity contribution < 1.29 is 107 Å². The first-order valence-corrected chi connectivity index (χ1v) is 35.4. The van der Waals surface area contributed by atoms with Crippen LogP contribution in [0.1, 0.15) is 63.6 Å². The van der Waals surface area contributed by atoms with Crippen molar-refractivity contribution in [2.24, 2.45) is 11.7 Å². The Labute approximate surface area is 618 Å². The van der Waals surface area contributed by atoms with Crippen LogP contribution in [-0.4, -0.2) is 216 Å². The van der Waals surface area contributed by atoms with Gasteiger partial charge in [0.05, 0.1) is 50.6 Å². The Morgan fingerprint density at radius 2 is 0.804 bits per heavy atom. The lowest BCUT2D eigenvalue weighted by Gasteiger charge is -2.28. The topological polar surface area (TPSA) is 565 Å². The van der Waals surface area contributed by atoms with Gasteiger partial charge in [0.2, 0.25) is 76.8 Å². The molecule has 0 aliphatic heterocycles. The van der Waals surface area contributed by atoms with Crippen LogP contribution in [0.15, 0.2) is 103 Å². The van der Waals surface area contributed by atoms with E-state index >= 15 is 0 Å². The van der Waals surface area contributed by atoms with Crippen molar-refractivity contribution in [3.8, 4) is 11.5 Å². The molecule has 107 heavy (non-hydrogen) atoms. The Kier molecular flexibility index (Phi) is 31.8. The number of carboxylic acid groups (broad SMARTS) is 3. The van der Waals surface area contributed by atoms with Crippen LogP contribution in [0.2, 0.25) is 0 Å². The van der Waals surface area contributed by atoms with Crippen LogP contribution >= 0.6 is 23.5 Å². The number of carbonyl (C=O) groups is 16. The summed E-state index contributed by atoms with van der Waals surface area (Å²) in [5.74, 6) is -20.0. The van der Waals surface area contributed by atoms with E-state index in [0.717, 1.165) is 55.8 Å². The van der Waals surface area contributed by atoms with Crippen LogP contribution in [0, 0.1) is 5.92 Å². The number of nitrogens with one attached hydrogen (secondary N) is 12. The van der Waals surface area contributed by atoms with Gasteiger partial charge in [-0.1, -0.05) is 92.7 Å². The molecule has 0 bridgehead atoms. The summed E-state index contributed by atoms with van der Waals surface area (Å²) in [7, 11) is 0. The SMILES string of the molecule is CC(=O)NCSC[C@H](NC(=O)[C@H](Cc1ccc(O)cc1)NC(=O)[C@H](CO)NC(=O)[C@H](CC(=O)O)NC(=O)CNC(=O)[C@H](CC(=O)O)NC(=O)[C@H](Cc1ccc(O)cc1)NC(=O)[C@H](CC(=O)O)NC(=O)[C@@H](NC(=O)[C@H](CSCNC(C)=O)NC(=O)Cc1ccc2ccc3cccc4ccc1c2c34)C(C)C)C(N)=O. The number of aromatic hydroxyl groups is 2. The van der Waals surface area contributed by atoms with Gasteiger partial charge in [-0.3, -0.25) is 76.7 Å². The van der Waals surface area contributed by atoms with E-state index in [9.17, 15) is 107 Å². The molecule has 6 rings (SSSR count). The first-order valence-electron chi connectivity index (χ1n) is 33.1. The first kappa shape index (κ1) is 84.1. The number of benzene rings is 6. The normalized spacial score (nSPS) is 13.6. The molecule has 0 fully saturated rings. The Hall–Kier alpha value is -11.9. The Balaban J connectivity index is 1.13. The molecule has 0 radical (unpaired) electrons. The maximum absolute atomic E-state index is 14.3. The quantitative estimate of drug-likeness (QED) is 0.0109. The van der Waals surface area contributed by atoms with Crippen LogP contribution in [0.4, 0.5) is 0 Å². The number of aliphatic carboxylic acids is 3. The second-order valence-corrected chi connectivity index (χ2v) is 27.0. The predicted molar refractivity (Wildman–Crippen MR) is 388 cm³/mol. The van der Waals surface area contributed by atoms with Crippen LogP contribution in [0.25, 0.3) is 32.3 Å². The van der Waals surface area contributed by atoms with Gasteiger partial charge in [-0.25, -0.2) is 0 Å². The molecule has 0 spiro atoms. The van der Waals surface area contributed by atoms with Crippen molar-refractivity contribution in [3.63, 3.8) is 0 Å². The van der Waals surface area contributed by atoms with Gasteiger partial charge in [-0.05, 0) is 79.2 Å². The Morgan fingerprint density at radius 3 is 1.28 bits per heavy atom. The van der Waals surface area contributed by atoms with Crippen LogP contribution in [-0.2, 0) is 96.0 Å². The molecule has 9 atom stereocenters. The first-order chi connectivity index (χ1) is 50.7. The van der Waals surface area contributed by atoms with Crippen LogP contribution < -0.4 is 69.5 Å². The summed E-state index contributed by atoms with van der Waals surface area (Å²) in [5.41, 5.74) is 6.68. The number of aliphatic hydroxyl groups excluding tert-OH is 1. The summed E-state index contributed by atoms with van der Waals surface area (Å²) in [6, 6.07) is 11.7. The van der Waals surface area contributed by atoms with Crippen molar-refractivity contribution >= 4 is 151 Å². The minimum atomic E-state index is -2.13. The summed E-state index contributed by atoms with van der Waals surface area (Å²) in [4.78, 5) is 212. The van der Waals surface area contributed by atoms with E-state index in [1.807, 2.05) is 59.2 Å². The Bertz CT molecular complexity index is 4270. The van der Waals surface area contributed by atoms with Gasteiger partial charge < -0.3 is 100 Å². The molecule has 0 aliphatic rings. The number of phenolic OH excluding ortho intramolecular Hbond substituents is 2. The lowest BCUT2D eigenvalue weighted by Crippen LogP contribution is -2.61. The number of amides is 13. The zero-order valence-electron chi connectivity index (χ0n) is 58.2. The second kappa shape index (κ2) is 40.4. The minimum absolute atomic E-state index is 0.0163. The number of carbonyl (C=O) groups excluding carboxylic acids is 13. The number of rotatable bonds is 42. The van der Waals surface area contributed by atoms with E-state index in [4.69, 9.17) is 5.73 Å². The van der Waals surface area contributed by atoms with E-state index in [1.54, 1.807) is 6.07 Å². The van der Waals surface area contributed by atoms with E-state index in [-0.39, 0.29) is 65.0 Å². The highest BCUT2D eigenvalue weighted by molar-refractivity contribution is 7.99. The standard InChI is InChI=1S/C70H83N13O22S2/c1-34(2)61(83-69(104)53(31-107-33-74-36(4)86)76-54(89)24-42-15-14-41-13-12-39-6-5-7-40-16-21-45(42)60(41)59(39)40)70(105)80-50(27-58(95)96)67(102)77-46(22-37-8-17-43(87)18-9-37)64(99)79-48(25-56(91)92)63(98)72-28-55(90)75-49(26-57(93)94)66(101)81-51(29-84)68(103)78-47(23-38-10-19-44(88)20-11-38)65(100)82-52(62(71)97)30-106-32-73-35(3)85/h5-21,34,46-53,61,84,87-88H,22-33H2,1-4H3,(H2,71,97)(H,72,98)(H,73,85)(H,74,86)(H,75,90)(H,76,89)(H,77,102)(H,78,103)(H,79,99)(H,80,105)(H,81,101)(H,82,100)(H,83,104)(H,91,92)(H,93,94)(H,95,96)/t46-,47-,48-,49-,50-,51-,52-,53-,61-/m0/s1. The molecule has 6 aromatic carbocycles. The summed E-state index contributed by atoms with van der Waals surface area (Å²) in [6.45, 7) is 3.15. The van der Waals surface area contributed by atoms with Gasteiger partial charge in [-0.15, -0.1) is 23.5 Å². The molecule has 20 N–H and O–H groups in total. The number of thioether (sulfide) groups is 2. The molecule has 0 saturated carbocycles. The third-order valence-corrected chi connectivity index (χ3v) is 18.1. The Morgan fingerprint density at radius 1 is 0.411 bits per heavy atom. The number of aliphatic hydroxyl groups is 1. The predicted octanol–water partition coefficient (Wildman–Crippen LogP) is -2.29. The molecule has 37 heteroatoms.